The molecule has 84 valence electrons. The van der Waals surface area contributed by atoms with Gasteiger partial charge in [-0.15, -0.1) is 0 Å². The largest absolute Gasteiger partial charge is 0.354 e. The molecule has 0 amide bonds. The molecule has 0 spiro atoms. The molecule has 0 aliphatic heterocycles. The molecule has 0 bridgehead atoms. The van der Waals surface area contributed by atoms with Gasteiger partial charge in [0, 0.05) is 13.6 Å². The fourth-order valence-electron chi connectivity index (χ4n) is 1.45. The summed E-state index contributed by atoms with van der Waals surface area (Å²) in [6.45, 7) is 4.99. The molecule has 5 nitrogen and oxygen atoms in total. The Morgan fingerprint density at radius 3 is 2.94 bits per heavy atom. The third-order valence-corrected chi connectivity index (χ3v) is 2.34. The molecular formula is C11H15N5. The molecule has 0 aliphatic carbocycles. The lowest BCUT2D eigenvalue weighted by Gasteiger charge is -2.16. The number of aromatic nitrogens is 4. The van der Waals surface area contributed by atoms with Gasteiger partial charge in [0.15, 0.2) is 11.5 Å². The van der Waals surface area contributed by atoms with Crippen molar-refractivity contribution in [2.45, 2.75) is 13.8 Å². The first kappa shape index (κ1) is 10.6. The predicted octanol–water partition coefficient (Wildman–Crippen LogP) is 1.76. The van der Waals surface area contributed by atoms with Crippen molar-refractivity contribution in [3.63, 3.8) is 0 Å². The third kappa shape index (κ3) is 2.03. The van der Waals surface area contributed by atoms with Gasteiger partial charge >= 0.3 is 0 Å². The molecule has 0 aliphatic rings. The van der Waals surface area contributed by atoms with Crippen LogP contribution in [-0.2, 0) is 0 Å². The molecule has 0 atom stereocenters. The fraction of sp³-hybridized carbons (Fsp3) is 0.364. The molecule has 1 N–H and O–H groups in total. The van der Waals surface area contributed by atoms with E-state index in [1.54, 1.807) is 6.33 Å². The van der Waals surface area contributed by atoms with Crippen molar-refractivity contribution >= 4 is 17.0 Å². The van der Waals surface area contributed by atoms with Crippen LogP contribution >= 0.6 is 0 Å². The zero-order chi connectivity index (χ0) is 11.5. The Bertz CT molecular complexity index is 510. The highest BCUT2D eigenvalue weighted by Crippen LogP contribution is 2.17. The Morgan fingerprint density at radius 1 is 1.38 bits per heavy atom. The standard InChI is InChI=1S/C11H15N5/c1-8(2)4-5-16(3)11-9-10(13-6-12-9)14-7-15-11/h4,6-7H,5H2,1-3H3,(H,12,13,14,15). The van der Waals surface area contributed by atoms with Gasteiger partial charge in [0.1, 0.15) is 11.8 Å². The molecule has 5 heteroatoms. The molecule has 2 aromatic heterocycles. The average molecular weight is 217 g/mol. The number of imidazole rings is 1. The van der Waals surface area contributed by atoms with E-state index in [1.165, 1.54) is 11.9 Å². The quantitative estimate of drug-likeness (QED) is 0.796. The second kappa shape index (κ2) is 4.30. The van der Waals surface area contributed by atoms with Crippen molar-refractivity contribution in [2.75, 3.05) is 18.5 Å². The van der Waals surface area contributed by atoms with E-state index in [1.807, 2.05) is 7.05 Å². The predicted molar refractivity (Wildman–Crippen MR) is 64.4 cm³/mol. The van der Waals surface area contributed by atoms with E-state index in [0.29, 0.717) is 5.65 Å². The summed E-state index contributed by atoms with van der Waals surface area (Å²) in [6, 6.07) is 0. The van der Waals surface area contributed by atoms with Crippen molar-refractivity contribution in [1.82, 2.24) is 19.9 Å². The maximum atomic E-state index is 4.27. The molecule has 0 unspecified atom stereocenters. The second-order valence-electron chi connectivity index (χ2n) is 3.96. The number of anilines is 1. The Morgan fingerprint density at radius 2 is 2.19 bits per heavy atom. The van der Waals surface area contributed by atoms with Gasteiger partial charge in [-0.05, 0) is 13.8 Å². The Balaban J connectivity index is 2.32. The molecule has 2 aromatic rings. The van der Waals surface area contributed by atoms with Gasteiger partial charge in [-0.3, -0.25) is 0 Å². The van der Waals surface area contributed by atoms with Crippen LogP contribution in [0.2, 0.25) is 0 Å². The van der Waals surface area contributed by atoms with E-state index in [4.69, 9.17) is 0 Å². The number of hydrogen-bond acceptors (Lipinski definition) is 4. The number of H-pyrrole nitrogens is 1. The number of hydrogen-bond donors (Lipinski definition) is 1. The smallest absolute Gasteiger partial charge is 0.182 e. The summed E-state index contributed by atoms with van der Waals surface area (Å²) in [5, 5.41) is 0. The summed E-state index contributed by atoms with van der Waals surface area (Å²) < 4.78 is 0. The number of nitrogens with zero attached hydrogens (tertiary/aromatic N) is 4. The van der Waals surface area contributed by atoms with Crippen molar-refractivity contribution in [3.8, 4) is 0 Å². The normalized spacial score (nSPS) is 10.4. The average Bonchev–Trinajstić information content (AvgIpc) is 2.73. The number of likely N-dealkylation sites (N-methyl/N-ethyl adjacent to an activating group) is 1. The molecule has 16 heavy (non-hydrogen) atoms. The Kier molecular flexibility index (Phi) is 2.85. The maximum absolute atomic E-state index is 4.27. The van der Waals surface area contributed by atoms with E-state index in [0.717, 1.165) is 17.9 Å². The number of rotatable bonds is 3. The number of fused-ring (bicyclic) bond motifs is 1. The number of allylic oxidation sites excluding steroid dienone is 1. The highest BCUT2D eigenvalue weighted by atomic mass is 15.2. The lowest BCUT2D eigenvalue weighted by atomic mass is 10.3. The van der Waals surface area contributed by atoms with Crippen molar-refractivity contribution < 1.29 is 0 Å². The molecular weight excluding hydrogens is 202 g/mol. The summed E-state index contributed by atoms with van der Waals surface area (Å²) in [4.78, 5) is 17.6. The number of aromatic amines is 1. The first-order valence-electron chi connectivity index (χ1n) is 5.17. The van der Waals surface area contributed by atoms with Crippen molar-refractivity contribution in [1.29, 1.82) is 0 Å². The van der Waals surface area contributed by atoms with Crippen LogP contribution in [0, 0.1) is 0 Å². The summed E-state index contributed by atoms with van der Waals surface area (Å²) in [6.07, 6.45) is 5.33. The topological polar surface area (TPSA) is 57.7 Å². The third-order valence-electron chi connectivity index (χ3n) is 2.34. The highest BCUT2D eigenvalue weighted by molar-refractivity contribution is 5.82. The van der Waals surface area contributed by atoms with E-state index in [9.17, 15) is 0 Å². The van der Waals surface area contributed by atoms with Gasteiger partial charge in [0.05, 0.1) is 6.33 Å². The van der Waals surface area contributed by atoms with Crippen LogP contribution in [0.1, 0.15) is 13.8 Å². The fourth-order valence-corrected chi connectivity index (χ4v) is 1.45. The van der Waals surface area contributed by atoms with Gasteiger partial charge in [-0.25, -0.2) is 15.0 Å². The van der Waals surface area contributed by atoms with Gasteiger partial charge in [0.25, 0.3) is 0 Å². The van der Waals surface area contributed by atoms with Gasteiger partial charge in [-0.2, -0.15) is 0 Å². The van der Waals surface area contributed by atoms with Crippen LogP contribution in [0.4, 0.5) is 5.82 Å². The van der Waals surface area contributed by atoms with Crippen LogP contribution in [0.3, 0.4) is 0 Å². The van der Waals surface area contributed by atoms with Crippen LogP contribution in [0.25, 0.3) is 11.2 Å². The van der Waals surface area contributed by atoms with Gasteiger partial charge in [0.2, 0.25) is 0 Å². The summed E-state index contributed by atoms with van der Waals surface area (Å²) in [5.41, 5.74) is 2.88. The van der Waals surface area contributed by atoms with E-state index in [-0.39, 0.29) is 0 Å². The maximum Gasteiger partial charge on any atom is 0.182 e. The van der Waals surface area contributed by atoms with E-state index in [2.05, 4.69) is 44.8 Å². The lowest BCUT2D eigenvalue weighted by molar-refractivity contribution is 0.979. The first-order valence-corrected chi connectivity index (χ1v) is 5.17. The summed E-state index contributed by atoms with van der Waals surface area (Å²) >= 11 is 0. The monoisotopic (exact) mass is 217 g/mol. The Labute approximate surface area is 94.2 Å². The van der Waals surface area contributed by atoms with Crippen LogP contribution in [0.15, 0.2) is 24.3 Å². The van der Waals surface area contributed by atoms with Gasteiger partial charge < -0.3 is 9.88 Å². The number of nitrogens with one attached hydrogen (secondary N) is 1. The lowest BCUT2D eigenvalue weighted by Crippen LogP contribution is -2.18. The summed E-state index contributed by atoms with van der Waals surface area (Å²) in [5.74, 6) is 0.875. The molecule has 0 radical (unpaired) electrons. The SMILES string of the molecule is CC(C)=CCN(C)c1ncnc2nc[nH]c12. The van der Waals surface area contributed by atoms with Crippen LogP contribution in [-0.4, -0.2) is 33.5 Å². The first-order chi connectivity index (χ1) is 7.68. The minimum Gasteiger partial charge on any atom is -0.354 e. The molecule has 0 aromatic carbocycles. The Hall–Kier alpha value is -1.91. The van der Waals surface area contributed by atoms with Crippen LogP contribution < -0.4 is 4.90 Å². The van der Waals surface area contributed by atoms with Gasteiger partial charge in [-0.1, -0.05) is 11.6 Å². The zero-order valence-electron chi connectivity index (χ0n) is 9.73. The molecule has 0 saturated heterocycles. The molecule has 0 saturated carbocycles. The molecule has 2 heterocycles. The second-order valence-corrected chi connectivity index (χ2v) is 3.96. The highest BCUT2D eigenvalue weighted by Gasteiger charge is 2.08. The zero-order valence-corrected chi connectivity index (χ0v) is 9.73. The van der Waals surface area contributed by atoms with E-state index < -0.39 is 0 Å². The molecule has 0 fully saturated rings. The van der Waals surface area contributed by atoms with Crippen LogP contribution in [0.5, 0.6) is 0 Å². The minimum atomic E-state index is 0.703. The van der Waals surface area contributed by atoms with Crippen molar-refractivity contribution in [3.05, 3.63) is 24.3 Å². The van der Waals surface area contributed by atoms with E-state index >= 15 is 0 Å². The minimum absolute atomic E-state index is 0.703. The summed E-state index contributed by atoms with van der Waals surface area (Å²) in [7, 11) is 2.00. The van der Waals surface area contributed by atoms with Crippen molar-refractivity contribution in [2.24, 2.45) is 0 Å². The molecule has 2 rings (SSSR count).